The second kappa shape index (κ2) is 8.99. The average Bonchev–Trinajstić information content (AvgIpc) is 2.86. The van der Waals surface area contributed by atoms with Gasteiger partial charge < -0.3 is 20.1 Å². The molecule has 184 valence electrons. The van der Waals surface area contributed by atoms with Crippen LogP contribution in [-0.4, -0.2) is 63.2 Å². The fourth-order valence-corrected chi connectivity index (χ4v) is 5.26. The molecule has 8 nitrogen and oxygen atoms in total. The summed E-state index contributed by atoms with van der Waals surface area (Å²) < 4.78 is 34.6. The fraction of sp³-hybridized carbons (Fsp3) is 0.440. The molecule has 0 saturated carbocycles. The van der Waals surface area contributed by atoms with Gasteiger partial charge in [0.05, 0.1) is 31.1 Å². The number of fused-ring (bicyclic) bond motifs is 2. The third kappa shape index (κ3) is 4.38. The molecule has 2 bridgehead atoms. The molecule has 0 spiro atoms. The van der Waals surface area contributed by atoms with Crippen molar-refractivity contribution in [1.29, 1.82) is 0 Å². The van der Waals surface area contributed by atoms with Gasteiger partial charge in [-0.2, -0.15) is 0 Å². The Hall–Kier alpha value is -3.40. The van der Waals surface area contributed by atoms with Crippen molar-refractivity contribution < 1.29 is 18.6 Å². The lowest BCUT2D eigenvalue weighted by Crippen LogP contribution is -2.66. The number of phenols is 1. The first-order valence-corrected chi connectivity index (χ1v) is 11.7. The van der Waals surface area contributed by atoms with E-state index in [1.807, 2.05) is 11.9 Å². The maximum Gasteiger partial charge on any atom is 0.213 e. The monoisotopic (exact) mass is 482 g/mol. The number of nitrogens with one attached hydrogen (secondary N) is 1. The number of methoxy groups -OCH3 is 1. The summed E-state index contributed by atoms with van der Waals surface area (Å²) in [7, 11) is 3.26. The molecule has 4 heterocycles. The van der Waals surface area contributed by atoms with Crippen LogP contribution < -0.4 is 15.0 Å². The van der Waals surface area contributed by atoms with Crippen LogP contribution in [0.2, 0.25) is 0 Å². The van der Waals surface area contributed by atoms with Gasteiger partial charge >= 0.3 is 0 Å². The number of piperidine rings is 2. The fourth-order valence-electron chi connectivity index (χ4n) is 5.26. The molecule has 2 aromatic heterocycles. The lowest BCUT2D eigenvalue weighted by molar-refractivity contribution is 0.0607. The van der Waals surface area contributed by atoms with Gasteiger partial charge in [-0.3, -0.25) is 0 Å². The van der Waals surface area contributed by atoms with Crippen LogP contribution in [0.5, 0.6) is 11.6 Å². The van der Waals surface area contributed by atoms with Gasteiger partial charge in [-0.15, -0.1) is 10.2 Å². The third-order valence-electron chi connectivity index (χ3n) is 7.19. The van der Waals surface area contributed by atoms with Gasteiger partial charge in [0.2, 0.25) is 5.88 Å². The van der Waals surface area contributed by atoms with E-state index in [1.54, 1.807) is 12.1 Å². The van der Waals surface area contributed by atoms with Gasteiger partial charge in [0.1, 0.15) is 17.7 Å². The Morgan fingerprint density at radius 1 is 1.17 bits per heavy atom. The number of pyridine rings is 1. The predicted molar refractivity (Wildman–Crippen MR) is 128 cm³/mol. The Balaban J connectivity index is 1.37. The summed E-state index contributed by atoms with van der Waals surface area (Å²) in [4.78, 5) is 10.0. The van der Waals surface area contributed by atoms with E-state index in [9.17, 15) is 9.50 Å². The molecule has 3 aromatic rings. The normalized spacial score (nSPS) is 25.8. The number of benzene rings is 1. The molecule has 4 atom stereocenters. The number of rotatable bonds is 5. The number of nitrogens with zero attached hydrogens (tertiary/aromatic N) is 5. The number of alkyl halides is 1. The molecule has 5 rings (SSSR count). The lowest BCUT2D eigenvalue weighted by Gasteiger charge is -2.51. The van der Waals surface area contributed by atoms with E-state index in [4.69, 9.17) is 4.74 Å². The first-order valence-electron chi connectivity index (χ1n) is 11.7. The second-order valence-electron chi connectivity index (χ2n) is 9.61. The number of hydrogen-bond acceptors (Lipinski definition) is 8. The molecule has 1 aromatic carbocycles. The van der Waals surface area contributed by atoms with E-state index in [-0.39, 0.29) is 40.6 Å². The molecular weight excluding hydrogens is 454 g/mol. The number of aromatic nitrogens is 4. The Bertz CT molecular complexity index is 1230. The van der Waals surface area contributed by atoms with Crippen LogP contribution >= 0.6 is 0 Å². The van der Waals surface area contributed by atoms with Crippen molar-refractivity contribution >= 4 is 5.82 Å². The number of hydrogen-bond donors (Lipinski definition) is 2. The van der Waals surface area contributed by atoms with Gasteiger partial charge in [-0.1, -0.05) is 6.07 Å². The molecule has 35 heavy (non-hydrogen) atoms. The van der Waals surface area contributed by atoms with Gasteiger partial charge in [-0.05, 0) is 50.3 Å². The number of aromatic hydroxyl groups is 1. The Kier molecular flexibility index (Phi) is 6.00. The van der Waals surface area contributed by atoms with Crippen molar-refractivity contribution in [3.63, 3.8) is 0 Å². The SMILES string of the molecule is COc1cc(-c2ccc(-c3ncc(N(C)[C@H]4C[C@]5(C)CCC[C@@H](N5)[C@H]4F)nn3)c(O)c2)c(F)cn1. The first kappa shape index (κ1) is 23.3. The van der Waals surface area contributed by atoms with Crippen LogP contribution in [0.1, 0.15) is 32.6 Å². The number of halogens is 2. The molecule has 0 unspecified atom stereocenters. The van der Waals surface area contributed by atoms with Crippen LogP contribution in [0.4, 0.5) is 14.6 Å². The Morgan fingerprint density at radius 2 is 2.00 bits per heavy atom. The smallest absolute Gasteiger partial charge is 0.213 e. The average molecular weight is 483 g/mol. The molecule has 2 aliphatic heterocycles. The quantitative estimate of drug-likeness (QED) is 0.565. The molecule has 2 saturated heterocycles. The Labute approximate surface area is 202 Å². The molecule has 0 amide bonds. The minimum atomic E-state index is -1.02. The molecule has 2 aliphatic rings. The minimum Gasteiger partial charge on any atom is -0.507 e. The highest BCUT2D eigenvalue weighted by molar-refractivity contribution is 5.73. The molecular formula is C25H28F2N6O2. The van der Waals surface area contributed by atoms with Crippen molar-refractivity contribution in [1.82, 2.24) is 25.5 Å². The van der Waals surface area contributed by atoms with Gasteiger partial charge in [0, 0.05) is 30.3 Å². The number of ether oxygens (including phenoxy) is 1. The summed E-state index contributed by atoms with van der Waals surface area (Å²) in [5, 5.41) is 22.5. The van der Waals surface area contributed by atoms with E-state index in [0.29, 0.717) is 23.4 Å². The second-order valence-corrected chi connectivity index (χ2v) is 9.61. The van der Waals surface area contributed by atoms with E-state index in [0.717, 1.165) is 25.5 Å². The summed E-state index contributed by atoms with van der Waals surface area (Å²) in [6.07, 6.45) is 5.15. The molecule has 0 aliphatic carbocycles. The maximum atomic E-state index is 15.2. The van der Waals surface area contributed by atoms with Crippen molar-refractivity contribution in [2.45, 2.75) is 56.4 Å². The highest BCUT2D eigenvalue weighted by Crippen LogP contribution is 2.38. The summed E-state index contributed by atoms with van der Waals surface area (Å²) in [5.74, 6) is 0.282. The summed E-state index contributed by atoms with van der Waals surface area (Å²) in [6, 6.07) is 5.66. The van der Waals surface area contributed by atoms with Crippen LogP contribution in [0.3, 0.4) is 0 Å². The zero-order valence-corrected chi connectivity index (χ0v) is 19.9. The van der Waals surface area contributed by atoms with Crippen molar-refractivity contribution in [2.75, 3.05) is 19.1 Å². The molecule has 10 heteroatoms. The van der Waals surface area contributed by atoms with Crippen LogP contribution in [0.15, 0.2) is 36.7 Å². The zero-order valence-electron chi connectivity index (χ0n) is 19.9. The highest BCUT2D eigenvalue weighted by atomic mass is 19.1. The maximum absolute atomic E-state index is 15.2. The highest BCUT2D eigenvalue weighted by Gasteiger charge is 2.47. The molecule has 0 radical (unpaired) electrons. The molecule has 2 N–H and O–H groups in total. The molecule has 2 fully saturated rings. The van der Waals surface area contributed by atoms with Crippen LogP contribution in [0.25, 0.3) is 22.5 Å². The van der Waals surface area contributed by atoms with Crippen molar-refractivity contribution in [3.8, 4) is 34.1 Å². The van der Waals surface area contributed by atoms with Crippen LogP contribution in [-0.2, 0) is 0 Å². The number of anilines is 1. The van der Waals surface area contributed by atoms with Crippen LogP contribution in [0, 0.1) is 5.82 Å². The summed E-state index contributed by atoms with van der Waals surface area (Å²) in [5.41, 5.74) is 0.963. The van der Waals surface area contributed by atoms with E-state index < -0.39 is 12.0 Å². The van der Waals surface area contributed by atoms with Gasteiger partial charge in [-0.25, -0.2) is 18.7 Å². The van der Waals surface area contributed by atoms with E-state index >= 15 is 4.39 Å². The summed E-state index contributed by atoms with van der Waals surface area (Å²) in [6.45, 7) is 2.15. The van der Waals surface area contributed by atoms with Crippen molar-refractivity contribution in [3.05, 3.63) is 42.5 Å². The van der Waals surface area contributed by atoms with E-state index in [2.05, 4.69) is 32.4 Å². The lowest BCUT2D eigenvalue weighted by atomic mass is 9.74. The predicted octanol–water partition coefficient (Wildman–Crippen LogP) is 3.90. The third-order valence-corrected chi connectivity index (χ3v) is 7.19. The first-order chi connectivity index (χ1) is 16.8. The summed E-state index contributed by atoms with van der Waals surface area (Å²) >= 11 is 0. The topological polar surface area (TPSA) is 96.3 Å². The van der Waals surface area contributed by atoms with E-state index in [1.165, 1.54) is 25.4 Å². The standard InChI is InChI=1S/C25H28F2N6O2/c1-25-8-4-5-18(30-25)23(27)19(11-25)33(2)21-13-29-24(32-31-21)15-7-6-14(9-20(15)34)16-10-22(35-3)28-12-17(16)26/h6-7,9-10,12-13,18-19,23,30,34H,4-5,8,11H2,1-3H3/t18-,19+,23-,25+/m1/s1. The Morgan fingerprint density at radius 3 is 2.71 bits per heavy atom. The van der Waals surface area contributed by atoms with Gasteiger partial charge in [0.15, 0.2) is 11.6 Å². The van der Waals surface area contributed by atoms with Crippen molar-refractivity contribution in [2.24, 2.45) is 0 Å². The largest absolute Gasteiger partial charge is 0.507 e. The minimum absolute atomic E-state index is 0.0862. The van der Waals surface area contributed by atoms with Gasteiger partial charge in [0.25, 0.3) is 0 Å². The zero-order chi connectivity index (χ0) is 24.7. The number of phenolic OH excluding ortho intramolecular Hbond substituents is 1.